The molecule has 0 radical (unpaired) electrons. The fourth-order valence-corrected chi connectivity index (χ4v) is 3.89. The summed E-state index contributed by atoms with van der Waals surface area (Å²) in [7, 11) is 1.63. The quantitative estimate of drug-likeness (QED) is 0.411. The van der Waals surface area contributed by atoms with E-state index in [1.165, 1.54) is 0 Å². The molecule has 0 atom stereocenters. The van der Waals surface area contributed by atoms with Gasteiger partial charge in [-0.25, -0.2) is 9.38 Å². The molecule has 5 heteroatoms. The highest BCUT2D eigenvalue weighted by molar-refractivity contribution is 5.81. The number of methoxy groups -OCH3 is 1. The van der Waals surface area contributed by atoms with E-state index in [9.17, 15) is 4.79 Å². The van der Waals surface area contributed by atoms with E-state index in [4.69, 9.17) is 9.72 Å². The molecule has 0 amide bonds. The fourth-order valence-electron chi connectivity index (χ4n) is 3.89. The van der Waals surface area contributed by atoms with Crippen molar-refractivity contribution in [1.29, 1.82) is 0 Å². The van der Waals surface area contributed by atoms with Crippen LogP contribution in [0.5, 0.6) is 5.75 Å². The van der Waals surface area contributed by atoms with Crippen molar-refractivity contribution in [2.45, 2.75) is 6.54 Å². The predicted molar refractivity (Wildman–Crippen MR) is 125 cm³/mol. The molecule has 2 heterocycles. The molecule has 0 aliphatic heterocycles. The van der Waals surface area contributed by atoms with Gasteiger partial charge >= 0.3 is 0 Å². The van der Waals surface area contributed by atoms with Crippen molar-refractivity contribution in [3.8, 4) is 17.0 Å². The Morgan fingerprint density at radius 2 is 1.74 bits per heavy atom. The van der Waals surface area contributed by atoms with Crippen LogP contribution in [0.2, 0.25) is 0 Å². The molecular weight excluding hydrogens is 386 g/mol. The van der Waals surface area contributed by atoms with Crippen LogP contribution in [0.25, 0.3) is 34.1 Å². The van der Waals surface area contributed by atoms with Crippen LogP contribution in [0.4, 0.5) is 0 Å². The lowest BCUT2D eigenvalue weighted by Gasteiger charge is -2.08. The number of imidazole rings is 1. The van der Waals surface area contributed by atoms with Crippen LogP contribution in [0.1, 0.15) is 11.1 Å². The van der Waals surface area contributed by atoms with Crippen LogP contribution >= 0.6 is 0 Å². The Hall–Kier alpha value is -4.12. The number of benzene rings is 3. The number of nitrogens with zero attached hydrogens (tertiary/aromatic N) is 3. The molecule has 0 saturated carbocycles. The number of hydrogen-bond donors (Lipinski definition) is 0. The minimum Gasteiger partial charge on any atom is -0.497 e. The summed E-state index contributed by atoms with van der Waals surface area (Å²) >= 11 is 0. The Kier molecular flexibility index (Phi) is 4.64. The third-order valence-corrected chi connectivity index (χ3v) is 5.48. The van der Waals surface area contributed by atoms with E-state index in [1.54, 1.807) is 17.6 Å². The van der Waals surface area contributed by atoms with Crippen molar-refractivity contribution >= 4 is 22.9 Å². The zero-order valence-corrected chi connectivity index (χ0v) is 17.2. The van der Waals surface area contributed by atoms with Gasteiger partial charge < -0.3 is 9.30 Å². The summed E-state index contributed by atoms with van der Waals surface area (Å²) in [4.78, 5) is 18.1. The molecule has 0 aliphatic carbocycles. The number of rotatable bonds is 5. The van der Waals surface area contributed by atoms with Gasteiger partial charge in [0.15, 0.2) is 0 Å². The molecule has 0 spiro atoms. The highest BCUT2D eigenvalue weighted by Crippen LogP contribution is 2.25. The number of ether oxygens (including phenoxy) is 1. The van der Waals surface area contributed by atoms with Gasteiger partial charge in [0, 0.05) is 11.6 Å². The molecule has 0 unspecified atom stereocenters. The van der Waals surface area contributed by atoms with E-state index in [1.807, 2.05) is 66.7 Å². The molecule has 0 saturated heterocycles. The third-order valence-electron chi connectivity index (χ3n) is 5.48. The Morgan fingerprint density at radius 1 is 0.968 bits per heavy atom. The number of aromatic nitrogens is 3. The minimum absolute atomic E-state index is 0.111. The molecule has 3 aromatic carbocycles. The maximum Gasteiger partial charge on any atom is 0.260 e. The minimum atomic E-state index is -0.111. The van der Waals surface area contributed by atoms with Gasteiger partial charge in [0.1, 0.15) is 5.75 Å². The van der Waals surface area contributed by atoms with Crippen LogP contribution < -0.4 is 10.3 Å². The first-order valence-corrected chi connectivity index (χ1v) is 10.0. The summed E-state index contributed by atoms with van der Waals surface area (Å²) in [6.45, 7) is 4.42. The summed E-state index contributed by atoms with van der Waals surface area (Å²) in [6.07, 6.45) is 1.83. The number of para-hydroxylation sites is 2. The first-order valence-electron chi connectivity index (χ1n) is 10.0. The van der Waals surface area contributed by atoms with Crippen molar-refractivity contribution in [2.24, 2.45) is 0 Å². The van der Waals surface area contributed by atoms with Crippen molar-refractivity contribution in [2.75, 3.05) is 7.11 Å². The molecule has 5 aromatic rings. The molecule has 5 nitrogen and oxygen atoms in total. The average Bonchev–Trinajstić information content (AvgIpc) is 3.13. The average molecular weight is 407 g/mol. The van der Waals surface area contributed by atoms with Crippen LogP contribution in [0.15, 0.2) is 90.2 Å². The number of hydrogen-bond acceptors (Lipinski definition) is 3. The zero-order chi connectivity index (χ0) is 21.4. The highest BCUT2D eigenvalue weighted by atomic mass is 16.5. The van der Waals surface area contributed by atoms with Crippen molar-refractivity contribution in [3.63, 3.8) is 0 Å². The lowest BCUT2D eigenvalue weighted by atomic mass is 10.1. The summed E-state index contributed by atoms with van der Waals surface area (Å²) in [5, 5.41) is 0. The summed E-state index contributed by atoms with van der Waals surface area (Å²) in [5.41, 5.74) is 5.34. The van der Waals surface area contributed by atoms with Crippen LogP contribution in [0, 0.1) is 0 Å². The van der Waals surface area contributed by atoms with E-state index in [-0.39, 0.29) is 5.56 Å². The van der Waals surface area contributed by atoms with Crippen LogP contribution in [-0.4, -0.2) is 21.1 Å². The van der Waals surface area contributed by atoms with Gasteiger partial charge in [-0.15, -0.1) is 0 Å². The smallest absolute Gasteiger partial charge is 0.260 e. The van der Waals surface area contributed by atoms with E-state index >= 15 is 0 Å². The molecule has 5 rings (SSSR count). The van der Waals surface area contributed by atoms with Gasteiger partial charge in [-0.05, 0) is 35.4 Å². The molecule has 0 aliphatic rings. The molecule has 0 fully saturated rings. The van der Waals surface area contributed by atoms with Crippen LogP contribution in [0.3, 0.4) is 0 Å². The first-order chi connectivity index (χ1) is 15.2. The third kappa shape index (κ3) is 3.30. The Morgan fingerprint density at radius 3 is 2.48 bits per heavy atom. The first kappa shape index (κ1) is 18.9. The number of fused-ring (bicyclic) bond motifs is 3. The second-order valence-electron chi connectivity index (χ2n) is 7.37. The fraction of sp³-hybridized carbons (Fsp3) is 0.0769. The molecule has 0 bridgehead atoms. The lowest BCUT2D eigenvalue weighted by molar-refractivity contribution is 0.415. The van der Waals surface area contributed by atoms with Gasteiger partial charge in [-0.3, -0.25) is 4.79 Å². The largest absolute Gasteiger partial charge is 0.497 e. The van der Waals surface area contributed by atoms with E-state index < -0.39 is 0 Å². The molecule has 152 valence electrons. The van der Waals surface area contributed by atoms with Crippen molar-refractivity contribution in [1.82, 2.24) is 14.0 Å². The van der Waals surface area contributed by atoms with E-state index in [0.717, 1.165) is 33.5 Å². The molecular formula is C26H21N3O2. The second-order valence-corrected chi connectivity index (χ2v) is 7.37. The SMILES string of the molecule is C=Cc1ccc(Cn2c3ccccc3n3c(=O)cc(-c4cccc(OC)c4)nc23)cc1. The van der Waals surface area contributed by atoms with Crippen molar-refractivity contribution < 1.29 is 4.74 Å². The standard InChI is InChI=1S/C26H21N3O2/c1-3-18-11-13-19(14-12-18)17-28-23-9-4-5-10-24(23)29-25(30)16-22(27-26(28)29)20-7-6-8-21(15-20)31-2/h3-16H,1,17H2,2H3. The topological polar surface area (TPSA) is 48.5 Å². The lowest BCUT2D eigenvalue weighted by Crippen LogP contribution is -2.14. The zero-order valence-electron chi connectivity index (χ0n) is 17.2. The molecule has 2 aromatic heterocycles. The molecule has 0 N–H and O–H groups in total. The van der Waals surface area contributed by atoms with Gasteiger partial charge in [-0.1, -0.05) is 61.2 Å². The van der Waals surface area contributed by atoms with Gasteiger partial charge in [0.2, 0.25) is 5.78 Å². The van der Waals surface area contributed by atoms with Gasteiger partial charge in [-0.2, -0.15) is 0 Å². The summed E-state index contributed by atoms with van der Waals surface area (Å²) < 4.78 is 9.10. The summed E-state index contributed by atoms with van der Waals surface area (Å²) in [6, 6.07) is 25.3. The van der Waals surface area contributed by atoms with E-state index in [2.05, 4.69) is 23.3 Å². The van der Waals surface area contributed by atoms with Crippen LogP contribution in [-0.2, 0) is 6.54 Å². The maximum absolute atomic E-state index is 13.2. The van der Waals surface area contributed by atoms with E-state index in [0.29, 0.717) is 18.0 Å². The Bertz CT molecular complexity index is 1480. The predicted octanol–water partition coefficient (Wildman–Crippen LogP) is 5.02. The maximum atomic E-state index is 13.2. The van der Waals surface area contributed by atoms with Gasteiger partial charge in [0.05, 0.1) is 30.4 Å². The Balaban J connectivity index is 1.74. The highest BCUT2D eigenvalue weighted by Gasteiger charge is 2.15. The van der Waals surface area contributed by atoms with Crippen molar-refractivity contribution in [3.05, 3.63) is 107 Å². The van der Waals surface area contributed by atoms with Gasteiger partial charge in [0.25, 0.3) is 5.56 Å². The normalized spacial score (nSPS) is 11.1. The summed E-state index contributed by atoms with van der Waals surface area (Å²) in [5.74, 6) is 1.33. The second kappa shape index (κ2) is 7.61. The molecule has 31 heavy (non-hydrogen) atoms. The Labute approximate surface area is 179 Å². The monoisotopic (exact) mass is 407 g/mol.